The van der Waals surface area contributed by atoms with Gasteiger partial charge in [0.1, 0.15) is 0 Å². The maximum absolute atomic E-state index is 12.2. The van der Waals surface area contributed by atoms with Crippen LogP contribution in [0.15, 0.2) is 30.3 Å². The molecule has 4 nitrogen and oxygen atoms in total. The molecule has 1 aliphatic heterocycles. The Balaban J connectivity index is 1.43. The van der Waals surface area contributed by atoms with Crippen molar-refractivity contribution in [3.05, 3.63) is 45.8 Å². The Kier molecular flexibility index (Phi) is 4.27. The van der Waals surface area contributed by atoms with E-state index < -0.39 is 0 Å². The van der Waals surface area contributed by atoms with Crippen molar-refractivity contribution in [2.24, 2.45) is 0 Å². The Labute approximate surface area is 160 Å². The Morgan fingerprint density at radius 3 is 3.04 bits per heavy atom. The number of carbonyl (C=O) groups is 1. The van der Waals surface area contributed by atoms with Gasteiger partial charge in [-0.3, -0.25) is 4.79 Å². The van der Waals surface area contributed by atoms with Crippen molar-refractivity contribution in [2.75, 3.05) is 24.7 Å². The number of anilines is 1. The molecule has 1 atom stereocenters. The van der Waals surface area contributed by atoms with Crippen LogP contribution < -0.4 is 4.90 Å². The van der Waals surface area contributed by atoms with Gasteiger partial charge in [0.25, 0.3) is 0 Å². The van der Waals surface area contributed by atoms with E-state index in [4.69, 9.17) is 9.72 Å². The minimum absolute atomic E-state index is 0.268. The minimum Gasteiger partial charge on any atom is -0.377 e. The lowest BCUT2D eigenvalue weighted by Gasteiger charge is -2.35. The first-order chi connectivity index (χ1) is 12.8. The number of nitrogens with zero attached hydrogens (tertiary/aromatic N) is 2. The summed E-state index contributed by atoms with van der Waals surface area (Å²) in [4.78, 5) is 21.6. The monoisotopic (exact) mass is 384 g/mol. The van der Waals surface area contributed by atoms with Crippen molar-refractivity contribution in [1.82, 2.24) is 4.98 Å². The molecule has 2 aromatic heterocycles. The first-order valence-corrected chi connectivity index (χ1v) is 10.8. The summed E-state index contributed by atoms with van der Waals surface area (Å²) in [6.45, 7) is 2.28. The molecule has 1 aromatic carbocycles. The van der Waals surface area contributed by atoms with Gasteiger partial charge in [0.2, 0.25) is 0 Å². The highest BCUT2D eigenvalue weighted by atomic mass is 32.1. The highest BCUT2D eigenvalue weighted by molar-refractivity contribution is 7.19. The molecule has 1 fully saturated rings. The van der Waals surface area contributed by atoms with E-state index in [1.807, 2.05) is 11.3 Å². The van der Waals surface area contributed by atoms with Crippen molar-refractivity contribution >= 4 is 43.7 Å². The second-order valence-corrected chi connectivity index (χ2v) is 9.07. The molecule has 1 aliphatic carbocycles. The smallest absolute Gasteiger partial charge is 0.186 e. The van der Waals surface area contributed by atoms with Crippen LogP contribution in [0.4, 0.5) is 5.13 Å². The predicted octanol–water partition coefficient (Wildman–Crippen LogP) is 4.32. The predicted molar refractivity (Wildman–Crippen MR) is 107 cm³/mol. The first-order valence-electron chi connectivity index (χ1n) is 9.13. The average Bonchev–Trinajstić information content (AvgIpc) is 3.26. The Morgan fingerprint density at radius 1 is 1.23 bits per heavy atom. The van der Waals surface area contributed by atoms with Crippen molar-refractivity contribution in [3.8, 4) is 0 Å². The second-order valence-electron chi connectivity index (χ2n) is 6.93. The van der Waals surface area contributed by atoms with Crippen LogP contribution in [0.3, 0.4) is 0 Å². The number of aromatic nitrogens is 1. The molecule has 0 amide bonds. The largest absolute Gasteiger partial charge is 0.377 e. The average molecular weight is 385 g/mol. The van der Waals surface area contributed by atoms with Gasteiger partial charge in [0.05, 0.1) is 29.8 Å². The van der Waals surface area contributed by atoms with Gasteiger partial charge in [-0.15, -0.1) is 11.3 Å². The summed E-state index contributed by atoms with van der Waals surface area (Å²) in [7, 11) is 0. The van der Waals surface area contributed by atoms with Gasteiger partial charge in [-0.05, 0) is 30.4 Å². The fourth-order valence-electron chi connectivity index (χ4n) is 3.82. The van der Waals surface area contributed by atoms with E-state index in [0.717, 1.165) is 48.1 Å². The fourth-order valence-corrected chi connectivity index (χ4v) is 6.14. The van der Waals surface area contributed by atoms with Gasteiger partial charge in [-0.2, -0.15) is 0 Å². The summed E-state index contributed by atoms with van der Waals surface area (Å²) in [6, 6.07) is 11.1. The van der Waals surface area contributed by atoms with Gasteiger partial charge in [-0.25, -0.2) is 4.98 Å². The number of thiazole rings is 1. The van der Waals surface area contributed by atoms with Crippen molar-refractivity contribution in [1.29, 1.82) is 0 Å². The van der Waals surface area contributed by atoms with Gasteiger partial charge in [-0.1, -0.05) is 29.5 Å². The second kappa shape index (κ2) is 6.76. The van der Waals surface area contributed by atoms with E-state index in [-0.39, 0.29) is 11.8 Å². The lowest BCUT2D eigenvalue weighted by atomic mass is 10.0. The molecule has 3 aromatic rings. The number of benzene rings is 1. The number of aryl methyl sites for hydroxylation is 1. The summed E-state index contributed by atoms with van der Waals surface area (Å²) in [5, 5.41) is 2.31. The highest BCUT2D eigenvalue weighted by Crippen LogP contribution is 2.34. The van der Waals surface area contributed by atoms with Crippen LogP contribution in [-0.2, 0) is 17.6 Å². The van der Waals surface area contributed by atoms with E-state index in [1.165, 1.54) is 15.0 Å². The molecule has 0 spiro atoms. The number of rotatable bonds is 3. The number of thiophene rings is 1. The van der Waals surface area contributed by atoms with Gasteiger partial charge >= 0.3 is 0 Å². The van der Waals surface area contributed by atoms with Gasteiger partial charge < -0.3 is 9.64 Å². The lowest BCUT2D eigenvalue weighted by molar-refractivity contribution is 0.0942. The molecular weight excluding hydrogens is 364 g/mol. The van der Waals surface area contributed by atoms with Crippen molar-refractivity contribution in [2.45, 2.75) is 31.7 Å². The molecular formula is C20H20N2O2S2. The SMILES string of the molecule is O=C1CCCc2nc(N3CCOCC3Cc3cc4ccccc4s3)sc21. The molecule has 0 bridgehead atoms. The van der Waals surface area contributed by atoms with E-state index in [1.54, 1.807) is 11.3 Å². The molecule has 1 saturated heterocycles. The Morgan fingerprint density at radius 2 is 2.15 bits per heavy atom. The quantitative estimate of drug-likeness (QED) is 0.674. The maximum atomic E-state index is 12.2. The van der Waals surface area contributed by atoms with E-state index >= 15 is 0 Å². The zero-order chi connectivity index (χ0) is 17.5. The zero-order valence-corrected chi connectivity index (χ0v) is 16.1. The zero-order valence-electron chi connectivity index (χ0n) is 14.4. The summed E-state index contributed by atoms with van der Waals surface area (Å²) < 4.78 is 7.11. The number of ether oxygens (including phenoxy) is 1. The molecule has 26 heavy (non-hydrogen) atoms. The first kappa shape index (κ1) is 16.4. The van der Waals surface area contributed by atoms with E-state index in [9.17, 15) is 4.79 Å². The molecule has 1 unspecified atom stereocenters. The van der Waals surface area contributed by atoms with Crippen LogP contribution in [0, 0.1) is 0 Å². The van der Waals surface area contributed by atoms with Gasteiger partial charge in [0, 0.05) is 29.0 Å². The highest BCUT2D eigenvalue weighted by Gasteiger charge is 2.30. The van der Waals surface area contributed by atoms with Crippen LogP contribution in [-0.4, -0.2) is 36.6 Å². The normalized spacial score (nSPS) is 20.5. The lowest BCUT2D eigenvalue weighted by Crippen LogP contribution is -2.46. The van der Waals surface area contributed by atoms with Crippen LogP contribution in [0.25, 0.3) is 10.1 Å². The van der Waals surface area contributed by atoms with E-state index in [0.29, 0.717) is 13.0 Å². The van der Waals surface area contributed by atoms with Crippen LogP contribution in [0.1, 0.15) is 33.1 Å². The number of Topliss-reactive ketones (excluding diaryl/α,β-unsaturated/α-hetero) is 1. The molecule has 3 heterocycles. The number of morpholine rings is 1. The fraction of sp³-hybridized carbons (Fsp3) is 0.400. The summed E-state index contributed by atoms with van der Waals surface area (Å²) in [6.07, 6.45) is 3.49. The van der Waals surface area contributed by atoms with Crippen molar-refractivity contribution in [3.63, 3.8) is 0 Å². The number of hydrogen-bond acceptors (Lipinski definition) is 6. The molecule has 5 rings (SSSR count). The Bertz CT molecular complexity index is 929. The third kappa shape index (κ3) is 2.96. The molecule has 2 aliphatic rings. The topological polar surface area (TPSA) is 42.4 Å². The number of fused-ring (bicyclic) bond motifs is 2. The standard InChI is InChI=1S/C20H20N2O2S2/c23-17-6-3-5-16-19(17)26-20(21-16)22-8-9-24-12-14(22)11-15-10-13-4-1-2-7-18(13)25-15/h1-2,4,7,10,14H,3,5-6,8-9,11-12H2. The number of carbonyl (C=O) groups excluding carboxylic acids is 1. The minimum atomic E-state index is 0.268. The molecule has 0 saturated carbocycles. The number of hydrogen-bond donors (Lipinski definition) is 0. The van der Waals surface area contributed by atoms with Gasteiger partial charge in [0.15, 0.2) is 10.9 Å². The van der Waals surface area contributed by atoms with E-state index in [2.05, 4.69) is 35.2 Å². The summed E-state index contributed by atoms with van der Waals surface area (Å²) >= 11 is 3.44. The van der Waals surface area contributed by atoms with Crippen LogP contribution in [0.2, 0.25) is 0 Å². The third-order valence-electron chi connectivity index (χ3n) is 5.14. The maximum Gasteiger partial charge on any atom is 0.186 e. The van der Waals surface area contributed by atoms with Crippen LogP contribution >= 0.6 is 22.7 Å². The third-order valence-corrected chi connectivity index (χ3v) is 7.46. The molecule has 134 valence electrons. The summed E-state index contributed by atoms with van der Waals surface area (Å²) in [5.41, 5.74) is 1.01. The van der Waals surface area contributed by atoms with Crippen molar-refractivity contribution < 1.29 is 9.53 Å². The molecule has 0 N–H and O–H groups in total. The number of ketones is 1. The summed E-state index contributed by atoms with van der Waals surface area (Å²) in [5.74, 6) is 0.268. The molecule has 0 radical (unpaired) electrons. The molecule has 6 heteroatoms. The van der Waals surface area contributed by atoms with Crippen LogP contribution in [0.5, 0.6) is 0 Å². The Hall–Kier alpha value is -1.76.